The number of unbranched alkanes of at least 4 members (excludes halogenated alkanes) is 1. The molecule has 5 nitrogen and oxygen atoms in total. The van der Waals surface area contributed by atoms with E-state index in [-0.39, 0.29) is 6.61 Å². The van der Waals surface area contributed by atoms with E-state index in [2.05, 4.69) is 0 Å². The summed E-state index contributed by atoms with van der Waals surface area (Å²) >= 11 is 0. The largest absolute Gasteiger partial charge is 0.502 e. The first-order valence-electron chi connectivity index (χ1n) is 4.49. The first kappa shape index (κ1) is 13.2. The minimum atomic E-state index is -1.36. The number of hydrogen-bond donors (Lipinski definition) is 2. The van der Waals surface area contributed by atoms with Crippen LogP contribution >= 0.6 is 0 Å². The van der Waals surface area contributed by atoms with Crippen molar-refractivity contribution in [3.63, 3.8) is 0 Å². The Kier molecular flexibility index (Phi) is 6.70. The summed E-state index contributed by atoms with van der Waals surface area (Å²) in [6.07, 6.45) is 4.86. The highest BCUT2D eigenvalue weighted by Gasteiger charge is 2.01. The van der Waals surface area contributed by atoms with Gasteiger partial charge in [0.2, 0.25) is 0 Å². The number of allylic oxidation sites excluding steroid dienone is 2. The number of rotatable bonds is 6. The summed E-state index contributed by atoms with van der Waals surface area (Å²) in [6, 6.07) is 0. The van der Waals surface area contributed by atoms with Gasteiger partial charge in [-0.1, -0.05) is 6.08 Å². The average Bonchev–Trinajstić information content (AvgIpc) is 2.17. The molecule has 0 spiro atoms. The van der Waals surface area contributed by atoms with Crippen LogP contribution < -0.4 is 0 Å². The molecule has 0 fully saturated rings. The highest BCUT2D eigenvalue weighted by Crippen LogP contribution is 1.97. The molecule has 0 aromatic heterocycles. The molecule has 0 amide bonds. The molecule has 0 aliphatic heterocycles. The van der Waals surface area contributed by atoms with Gasteiger partial charge < -0.3 is 14.9 Å². The number of carbonyl (C=O) groups excluding carboxylic acids is 1. The SMILES string of the molecule is CC=CC(=O)OCCCC=C(O)C(=O)O. The molecule has 0 rings (SSSR count). The van der Waals surface area contributed by atoms with Crippen molar-refractivity contribution in [2.24, 2.45) is 0 Å². The van der Waals surface area contributed by atoms with Crippen LogP contribution in [0.3, 0.4) is 0 Å². The zero-order chi connectivity index (χ0) is 11.7. The maximum absolute atomic E-state index is 10.8. The number of aliphatic hydroxyl groups excluding tert-OH is 1. The lowest BCUT2D eigenvalue weighted by atomic mass is 10.3. The smallest absolute Gasteiger partial charge is 0.370 e. The van der Waals surface area contributed by atoms with Crippen molar-refractivity contribution in [3.8, 4) is 0 Å². The van der Waals surface area contributed by atoms with Gasteiger partial charge >= 0.3 is 11.9 Å². The second-order valence-electron chi connectivity index (χ2n) is 2.70. The lowest BCUT2D eigenvalue weighted by Crippen LogP contribution is -2.02. The fourth-order valence-electron chi connectivity index (χ4n) is 0.766. The third kappa shape index (κ3) is 7.30. The van der Waals surface area contributed by atoms with E-state index in [1.54, 1.807) is 13.0 Å². The van der Waals surface area contributed by atoms with E-state index in [1.807, 2.05) is 0 Å². The van der Waals surface area contributed by atoms with E-state index >= 15 is 0 Å². The molecule has 0 bridgehead atoms. The zero-order valence-electron chi connectivity index (χ0n) is 8.47. The predicted molar refractivity (Wildman–Crippen MR) is 53.4 cm³/mol. The van der Waals surface area contributed by atoms with Crippen LogP contribution in [0.5, 0.6) is 0 Å². The average molecular weight is 214 g/mol. The Labute approximate surface area is 87.7 Å². The third-order valence-electron chi connectivity index (χ3n) is 1.45. The van der Waals surface area contributed by atoms with Gasteiger partial charge in [0.15, 0.2) is 5.76 Å². The number of aliphatic hydroxyl groups is 1. The number of esters is 1. The Morgan fingerprint density at radius 1 is 1.33 bits per heavy atom. The maximum atomic E-state index is 10.8. The summed E-state index contributed by atoms with van der Waals surface area (Å²) in [5, 5.41) is 17.0. The zero-order valence-corrected chi connectivity index (χ0v) is 8.47. The van der Waals surface area contributed by atoms with E-state index in [0.717, 1.165) is 0 Å². The molecule has 0 heterocycles. The topological polar surface area (TPSA) is 83.8 Å². The fourth-order valence-corrected chi connectivity index (χ4v) is 0.766. The van der Waals surface area contributed by atoms with Gasteiger partial charge in [-0.2, -0.15) is 0 Å². The van der Waals surface area contributed by atoms with E-state index in [9.17, 15) is 9.59 Å². The molecule has 0 aromatic carbocycles. The number of ether oxygens (including phenoxy) is 1. The molecular formula is C10H14O5. The molecule has 15 heavy (non-hydrogen) atoms. The van der Waals surface area contributed by atoms with Crippen molar-refractivity contribution < 1.29 is 24.5 Å². The second kappa shape index (κ2) is 7.61. The van der Waals surface area contributed by atoms with Gasteiger partial charge in [0, 0.05) is 6.08 Å². The minimum Gasteiger partial charge on any atom is -0.502 e. The summed E-state index contributed by atoms with van der Waals surface area (Å²) in [7, 11) is 0. The van der Waals surface area contributed by atoms with Crippen molar-refractivity contribution in [2.45, 2.75) is 19.8 Å². The fraction of sp³-hybridized carbons (Fsp3) is 0.400. The standard InChI is InChI=1S/C10H14O5/c1-2-5-9(12)15-7-4-3-6-8(11)10(13)14/h2,5-6,11H,3-4,7H2,1H3,(H,13,14). The van der Waals surface area contributed by atoms with E-state index < -0.39 is 17.7 Å². The van der Waals surface area contributed by atoms with Crippen LogP contribution in [0.2, 0.25) is 0 Å². The van der Waals surface area contributed by atoms with Gasteiger partial charge in [-0.3, -0.25) is 0 Å². The Morgan fingerprint density at radius 3 is 2.53 bits per heavy atom. The Balaban J connectivity index is 3.60. The normalized spacial score (nSPS) is 11.7. The van der Waals surface area contributed by atoms with Crippen LogP contribution in [0, 0.1) is 0 Å². The predicted octanol–water partition coefficient (Wildman–Crippen LogP) is 1.41. The molecule has 0 saturated carbocycles. The Bertz CT molecular complexity index is 278. The minimum absolute atomic E-state index is 0.201. The first-order chi connectivity index (χ1) is 7.07. The van der Waals surface area contributed by atoms with Crippen LogP contribution in [0.15, 0.2) is 24.0 Å². The molecule has 0 atom stereocenters. The number of aliphatic carboxylic acids is 1. The van der Waals surface area contributed by atoms with E-state index in [4.69, 9.17) is 14.9 Å². The van der Waals surface area contributed by atoms with E-state index in [1.165, 1.54) is 12.2 Å². The van der Waals surface area contributed by atoms with Crippen molar-refractivity contribution >= 4 is 11.9 Å². The number of carbonyl (C=O) groups is 2. The van der Waals surface area contributed by atoms with Gasteiger partial charge in [-0.25, -0.2) is 9.59 Å². The third-order valence-corrected chi connectivity index (χ3v) is 1.45. The maximum Gasteiger partial charge on any atom is 0.370 e. The highest BCUT2D eigenvalue weighted by molar-refractivity contribution is 5.83. The summed E-state index contributed by atoms with van der Waals surface area (Å²) in [5.41, 5.74) is 0. The van der Waals surface area contributed by atoms with Crippen molar-refractivity contribution in [3.05, 3.63) is 24.0 Å². The van der Waals surface area contributed by atoms with Gasteiger partial charge in [-0.15, -0.1) is 0 Å². The summed E-state index contributed by atoms with van der Waals surface area (Å²) in [6.45, 7) is 1.90. The van der Waals surface area contributed by atoms with E-state index in [0.29, 0.717) is 12.8 Å². The first-order valence-corrected chi connectivity index (χ1v) is 4.49. The second-order valence-corrected chi connectivity index (χ2v) is 2.70. The molecule has 0 saturated heterocycles. The van der Waals surface area contributed by atoms with Crippen LogP contribution in [-0.2, 0) is 14.3 Å². The summed E-state index contributed by atoms with van der Waals surface area (Å²) in [4.78, 5) is 20.9. The molecule has 0 aliphatic rings. The molecular weight excluding hydrogens is 200 g/mol. The molecule has 2 N–H and O–H groups in total. The number of hydrogen-bond acceptors (Lipinski definition) is 4. The van der Waals surface area contributed by atoms with Crippen molar-refractivity contribution in [1.29, 1.82) is 0 Å². The van der Waals surface area contributed by atoms with Crippen LogP contribution in [0.25, 0.3) is 0 Å². The van der Waals surface area contributed by atoms with Crippen molar-refractivity contribution in [1.82, 2.24) is 0 Å². The lowest BCUT2D eigenvalue weighted by Gasteiger charge is -1.99. The summed E-state index contributed by atoms with van der Waals surface area (Å²) in [5.74, 6) is -2.47. The molecule has 0 aliphatic carbocycles. The molecule has 0 aromatic rings. The van der Waals surface area contributed by atoms with Crippen LogP contribution in [0.1, 0.15) is 19.8 Å². The molecule has 0 radical (unpaired) electrons. The molecule has 84 valence electrons. The lowest BCUT2D eigenvalue weighted by molar-refractivity contribution is -0.138. The quantitative estimate of drug-likeness (QED) is 0.302. The van der Waals surface area contributed by atoms with Crippen molar-refractivity contribution in [2.75, 3.05) is 6.61 Å². The summed E-state index contributed by atoms with van der Waals surface area (Å²) < 4.78 is 4.74. The van der Waals surface area contributed by atoms with Gasteiger partial charge in [0.25, 0.3) is 0 Å². The molecule has 5 heteroatoms. The molecule has 0 unspecified atom stereocenters. The van der Waals surface area contributed by atoms with Gasteiger partial charge in [-0.05, 0) is 25.8 Å². The highest BCUT2D eigenvalue weighted by atomic mass is 16.5. The number of carboxylic acids is 1. The Hall–Kier alpha value is -1.78. The van der Waals surface area contributed by atoms with Gasteiger partial charge in [0.1, 0.15) is 0 Å². The van der Waals surface area contributed by atoms with Crippen LogP contribution in [-0.4, -0.2) is 28.8 Å². The van der Waals surface area contributed by atoms with Crippen LogP contribution in [0.4, 0.5) is 0 Å². The van der Waals surface area contributed by atoms with Gasteiger partial charge in [0.05, 0.1) is 6.61 Å². The monoisotopic (exact) mass is 214 g/mol. The Morgan fingerprint density at radius 2 is 2.00 bits per heavy atom. The number of carboxylic acid groups (broad SMARTS) is 1.